The molecule has 1 aromatic heterocycles. The Morgan fingerprint density at radius 1 is 0.929 bits per heavy atom. The van der Waals surface area contributed by atoms with E-state index in [-0.39, 0.29) is 5.91 Å². The maximum Gasteiger partial charge on any atom is 0.233 e. The molecule has 0 bridgehead atoms. The standard InChI is InChI=1S/C20H22N6OS/c21-26-19(16-7-3-1-4-8-16)22-23-20(26)28-15-18(27)25-13-11-24(12-14-25)17-9-5-2-6-10-17/h1-10H,11-15,21H2. The first-order valence-corrected chi connectivity index (χ1v) is 10.2. The van der Waals surface area contributed by atoms with Crippen LogP contribution in [0.2, 0.25) is 0 Å². The molecule has 0 spiro atoms. The number of nitrogens with two attached hydrogens (primary N) is 1. The third kappa shape index (κ3) is 3.96. The van der Waals surface area contributed by atoms with Gasteiger partial charge in [0.2, 0.25) is 11.1 Å². The summed E-state index contributed by atoms with van der Waals surface area (Å²) in [6, 6.07) is 19.9. The second-order valence-electron chi connectivity index (χ2n) is 6.53. The van der Waals surface area contributed by atoms with E-state index in [1.807, 2.05) is 53.4 Å². The van der Waals surface area contributed by atoms with Crippen LogP contribution in [-0.4, -0.2) is 57.6 Å². The highest BCUT2D eigenvalue weighted by molar-refractivity contribution is 7.99. The first-order valence-electron chi connectivity index (χ1n) is 9.19. The summed E-state index contributed by atoms with van der Waals surface area (Å²) < 4.78 is 1.45. The number of rotatable bonds is 5. The third-order valence-electron chi connectivity index (χ3n) is 4.77. The maximum atomic E-state index is 12.6. The minimum atomic E-state index is 0.0990. The molecule has 144 valence electrons. The molecule has 4 rings (SSSR count). The predicted octanol–water partition coefficient (Wildman–Crippen LogP) is 2.10. The first-order chi connectivity index (χ1) is 13.7. The van der Waals surface area contributed by atoms with Crippen LogP contribution in [0.1, 0.15) is 0 Å². The number of thioether (sulfide) groups is 1. The quantitative estimate of drug-likeness (QED) is 0.527. The van der Waals surface area contributed by atoms with E-state index in [0.29, 0.717) is 16.7 Å². The van der Waals surface area contributed by atoms with Gasteiger partial charge in [0.05, 0.1) is 5.75 Å². The number of hydrogen-bond donors (Lipinski definition) is 1. The van der Waals surface area contributed by atoms with Gasteiger partial charge in [-0.3, -0.25) is 4.79 Å². The summed E-state index contributed by atoms with van der Waals surface area (Å²) in [5, 5.41) is 8.83. The predicted molar refractivity (Wildman–Crippen MR) is 112 cm³/mol. The molecule has 7 nitrogen and oxygen atoms in total. The van der Waals surface area contributed by atoms with Gasteiger partial charge in [-0.15, -0.1) is 10.2 Å². The van der Waals surface area contributed by atoms with Gasteiger partial charge in [0.25, 0.3) is 0 Å². The molecule has 1 amide bonds. The lowest BCUT2D eigenvalue weighted by Gasteiger charge is -2.36. The van der Waals surface area contributed by atoms with Crippen LogP contribution in [0.15, 0.2) is 65.8 Å². The maximum absolute atomic E-state index is 12.6. The highest BCUT2D eigenvalue weighted by Crippen LogP contribution is 2.22. The van der Waals surface area contributed by atoms with Gasteiger partial charge in [-0.05, 0) is 12.1 Å². The van der Waals surface area contributed by atoms with E-state index in [1.165, 1.54) is 22.1 Å². The topological polar surface area (TPSA) is 80.3 Å². The number of nitrogens with zero attached hydrogens (tertiary/aromatic N) is 5. The van der Waals surface area contributed by atoms with Gasteiger partial charge in [-0.1, -0.05) is 60.3 Å². The molecule has 0 saturated carbocycles. The van der Waals surface area contributed by atoms with E-state index in [1.54, 1.807) is 0 Å². The fourth-order valence-electron chi connectivity index (χ4n) is 3.23. The van der Waals surface area contributed by atoms with Crippen LogP contribution in [0.4, 0.5) is 5.69 Å². The van der Waals surface area contributed by atoms with Crippen LogP contribution in [0.3, 0.4) is 0 Å². The number of piperazine rings is 1. The number of aromatic nitrogens is 3. The zero-order chi connectivity index (χ0) is 19.3. The van der Waals surface area contributed by atoms with Crippen LogP contribution < -0.4 is 10.7 Å². The lowest BCUT2D eigenvalue weighted by atomic mass is 10.2. The normalized spacial score (nSPS) is 14.3. The number of hydrogen-bond acceptors (Lipinski definition) is 6. The summed E-state index contributed by atoms with van der Waals surface area (Å²) >= 11 is 1.32. The summed E-state index contributed by atoms with van der Waals surface area (Å²) in [6.45, 7) is 3.12. The number of nitrogen functional groups attached to an aromatic ring is 1. The molecular formula is C20H22N6OS. The lowest BCUT2D eigenvalue weighted by Crippen LogP contribution is -2.49. The van der Waals surface area contributed by atoms with Gasteiger partial charge in [0, 0.05) is 37.4 Å². The summed E-state index contributed by atoms with van der Waals surface area (Å²) in [5.41, 5.74) is 2.10. The van der Waals surface area contributed by atoms with Crippen molar-refractivity contribution in [2.45, 2.75) is 5.16 Å². The minimum Gasteiger partial charge on any atom is -0.368 e. The molecule has 0 aliphatic carbocycles. The van der Waals surface area contributed by atoms with Gasteiger partial charge in [0.15, 0.2) is 5.82 Å². The van der Waals surface area contributed by atoms with Crippen LogP contribution in [0.5, 0.6) is 0 Å². The van der Waals surface area contributed by atoms with Crippen molar-refractivity contribution in [3.05, 3.63) is 60.7 Å². The molecule has 8 heteroatoms. The van der Waals surface area contributed by atoms with Crippen LogP contribution >= 0.6 is 11.8 Å². The molecule has 0 atom stereocenters. The van der Waals surface area contributed by atoms with Crippen molar-refractivity contribution < 1.29 is 4.79 Å². The molecule has 1 aliphatic rings. The number of carbonyl (C=O) groups is 1. The largest absolute Gasteiger partial charge is 0.368 e. The molecule has 1 fully saturated rings. The SMILES string of the molecule is Nn1c(SCC(=O)N2CCN(c3ccccc3)CC2)nnc1-c1ccccc1. The highest BCUT2D eigenvalue weighted by Gasteiger charge is 2.22. The molecule has 1 saturated heterocycles. The number of carbonyl (C=O) groups excluding carboxylic acids is 1. The number of para-hydroxylation sites is 1. The average Bonchev–Trinajstić information content (AvgIpc) is 3.13. The van der Waals surface area contributed by atoms with E-state index in [9.17, 15) is 4.79 Å². The van der Waals surface area contributed by atoms with Crippen molar-refractivity contribution in [3.63, 3.8) is 0 Å². The zero-order valence-corrected chi connectivity index (χ0v) is 16.3. The lowest BCUT2D eigenvalue weighted by molar-refractivity contribution is -0.128. The van der Waals surface area contributed by atoms with Gasteiger partial charge < -0.3 is 15.6 Å². The van der Waals surface area contributed by atoms with E-state index >= 15 is 0 Å². The Morgan fingerprint density at radius 2 is 1.57 bits per heavy atom. The van der Waals surface area contributed by atoms with Gasteiger partial charge in [-0.2, -0.15) is 0 Å². The fourth-order valence-corrected chi connectivity index (χ4v) is 3.99. The minimum absolute atomic E-state index is 0.0990. The van der Waals surface area contributed by atoms with Crippen molar-refractivity contribution >= 4 is 23.4 Å². The summed E-state index contributed by atoms with van der Waals surface area (Å²) in [5.74, 6) is 7.11. The van der Waals surface area contributed by atoms with Crippen LogP contribution in [0.25, 0.3) is 11.4 Å². The smallest absolute Gasteiger partial charge is 0.233 e. The van der Waals surface area contributed by atoms with Crippen LogP contribution in [0, 0.1) is 0 Å². The summed E-state index contributed by atoms with van der Waals surface area (Å²) in [7, 11) is 0. The molecule has 1 aliphatic heterocycles. The Balaban J connectivity index is 1.31. The van der Waals surface area contributed by atoms with E-state index in [0.717, 1.165) is 31.7 Å². The Kier molecular flexibility index (Phi) is 5.48. The van der Waals surface area contributed by atoms with E-state index in [2.05, 4.69) is 27.2 Å². The number of anilines is 1. The van der Waals surface area contributed by atoms with Crippen molar-refractivity contribution in [1.29, 1.82) is 0 Å². The Labute approximate surface area is 168 Å². The second kappa shape index (κ2) is 8.35. The van der Waals surface area contributed by atoms with E-state index in [4.69, 9.17) is 5.84 Å². The zero-order valence-electron chi connectivity index (χ0n) is 15.4. The first kappa shape index (κ1) is 18.4. The Bertz CT molecular complexity index is 922. The molecule has 28 heavy (non-hydrogen) atoms. The monoisotopic (exact) mass is 394 g/mol. The molecule has 0 radical (unpaired) electrons. The third-order valence-corrected chi connectivity index (χ3v) is 5.70. The molecule has 2 N–H and O–H groups in total. The van der Waals surface area contributed by atoms with Gasteiger partial charge in [0.1, 0.15) is 0 Å². The van der Waals surface area contributed by atoms with Gasteiger partial charge >= 0.3 is 0 Å². The van der Waals surface area contributed by atoms with Crippen molar-refractivity contribution in [3.8, 4) is 11.4 Å². The van der Waals surface area contributed by atoms with Crippen LogP contribution in [-0.2, 0) is 4.79 Å². The molecule has 3 aromatic rings. The number of benzene rings is 2. The Hall–Kier alpha value is -3.00. The molecule has 0 unspecified atom stereocenters. The highest BCUT2D eigenvalue weighted by atomic mass is 32.2. The molecule has 2 aromatic carbocycles. The van der Waals surface area contributed by atoms with Crippen molar-refractivity contribution in [2.24, 2.45) is 0 Å². The van der Waals surface area contributed by atoms with Gasteiger partial charge in [-0.25, -0.2) is 4.68 Å². The van der Waals surface area contributed by atoms with Crippen molar-refractivity contribution in [2.75, 3.05) is 42.7 Å². The second-order valence-corrected chi connectivity index (χ2v) is 7.48. The summed E-state index contributed by atoms with van der Waals surface area (Å²) in [6.07, 6.45) is 0. The Morgan fingerprint density at radius 3 is 2.25 bits per heavy atom. The number of amides is 1. The average molecular weight is 395 g/mol. The van der Waals surface area contributed by atoms with E-state index < -0.39 is 0 Å². The molecule has 2 heterocycles. The van der Waals surface area contributed by atoms with Crippen molar-refractivity contribution in [1.82, 2.24) is 19.8 Å². The molecular weight excluding hydrogens is 372 g/mol. The fraction of sp³-hybridized carbons (Fsp3) is 0.250. The summed E-state index contributed by atoms with van der Waals surface area (Å²) in [4.78, 5) is 16.8.